The fraction of sp³-hybridized carbons (Fsp3) is 0.500. The fourth-order valence-corrected chi connectivity index (χ4v) is 4.29. The molecule has 0 saturated heterocycles. The Morgan fingerprint density at radius 2 is 1.32 bits per heavy atom. The molecule has 0 fully saturated rings. The molecule has 1 unspecified atom stereocenters. The van der Waals surface area contributed by atoms with Crippen LogP contribution in [0.5, 0.6) is 0 Å². The first-order valence-corrected chi connectivity index (χ1v) is 10.7. The third-order valence-corrected chi connectivity index (χ3v) is 6.19. The van der Waals surface area contributed by atoms with Gasteiger partial charge >= 0.3 is 0 Å². The minimum atomic E-state index is 0.00843. The maximum Gasteiger partial charge on any atom is 0.0708 e. The molecule has 1 aliphatic rings. The second-order valence-corrected chi connectivity index (χ2v) is 9.64. The summed E-state index contributed by atoms with van der Waals surface area (Å²) in [5.74, 6) is 1.42. The molecule has 0 saturated carbocycles. The summed E-state index contributed by atoms with van der Waals surface area (Å²) in [5.41, 5.74) is 7.93. The van der Waals surface area contributed by atoms with Crippen LogP contribution in [-0.2, 0) is 5.41 Å². The molecule has 1 atom stereocenters. The number of hydrogen-bond acceptors (Lipinski definition) is 2. The minimum Gasteiger partial charge on any atom is -0.376 e. The number of para-hydroxylation sites is 2. The van der Waals surface area contributed by atoms with E-state index in [0.29, 0.717) is 17.8 Å². The lowest BCUT2D eigenvalue weighted by Crippen LogP contribution is -2.34. The lowest BCUT2D eigenvalue weighted by atomic mass is 9.80. The van der Waals surface area contributed by atoms with Crippen molar-refractivity contribution in [3.63, 3.8) is 0 Å². The van der Waals surface area contributed by atoms with Gasteiger partial charge in [-0.2, -0.15) is 0 Å². The second-order valence-electron chi connectivity index (χ2n) is 9.64. The van der Waals surface area contributed by atoms with Crippen LogP contribution in [0.3, 0.4) is 0 Å². The fourth-order valence-electron chi connectivity index (χ4n) is 4.29. The summed E-state index contributed by atoms with van der Waals surface area (Å²) in [7, 11) is 0. The van der Waals surface area contributed by atoms with Crippen LogP contribution in [0.4, 0.5) is 11.4 Å². The summed E-state index contributed by atoms with van der Waals surface area (Å²) < 4.78 is 0. The second kappa shape index (κ2) is 7.73. The van der Waals surface area contributed by atoms with Crippen molar-refractivity contribution < 1.29 is 0 Å². The Bertz CT molecular complexity index is 846. The molecule has 2 heteroatoms. The molecule has 1 heterocycles. The molecule has 2 aromatic carbocycles. The Morgan fingerprint density at radius 1 is 0.821 bits per heavy atom. The summed E-state index contributed by atoms with van der Waals surface area (Å²) in [6.45, 7) is 18.2. The highest BCUT2D eigenvalue weighted by atomic mass is 15.0. The van der Waals surface area contributed by atoms with Gasteiger partial charge in [0.1, 0.15) is 0 Å². The highest BCUT2D eigenvalue weighted by molar-refractivity contribution is 5.82. The molecule has 2 aromatic rings. The van der Waals surface area contributed by atoms with Crippen molar-refractivity contribution in [3.8, 4) is 0 Å². The number of aliphatic imine (C=N–C) groups is 1. The zero-order valence-electron chi connectivity index (χ0n) is 18.8. The zero-order chi connectivity index (χ0) is 20.6. The number of nitrogens with one attached hydrogen (secondary N) is 1. The van der Waals surface area contributed by atoms with E-state index >= 15 is 0 Å². The van der Waals surface area contributed by atoms with E-state index in [2.05, 4.69) is 103 Å². The van der Waals surface area contributed by atoms with E-state index in [4.69, 9.17) is 4.99 Å². The molecular weight excluding hydrogens is 340 g/mol. The first-order valence-electron chi connectivity index (χ1n) is 10.7. The average Bonchev–Trinajstić information content (AvgIpc) is 2.89. The van der Waals surface area contributed by atoms with Gasteiger partial charge < -0.3 is 5.32 Å². The van der Waals surface area contributed by atoms with Gasteiger partial charge in [-0.3, -0.25) is 4.99 Å². The molecule has 2 nitrogen and oxygen atoms in total. The number of benzene rings is 2. The topological polar surface area (TPSA) is 24.4 Å². The van der Waals surface area contributed by atoms with Gasteiger partial charge in [0.05, 0.1) is 11.7 Å². The minimum absolute atomic E-state index is 0.00843. The van der Waals surface area contributed by atoms with Crippen LogP contribution in [0.1, 0.15) is 95.4 Å². The van der Waals surface area contributed by atoms with E-state index in [1.165, 1.54) is 27.9 Å². The van der Waals surface area contributed by atoms with E-state index in [1.54, 1.807) is 0 Å². The molecule has 0 aliphatic carbocycles. The largest absolute Gasteiger partial charge is 0.376 e. The summed E-state index contributed by atoms with van der Waals surface area (Å²) >= 11 is 0. The average molecular weight is 377 g/mol. The zero-order valence-corrected chi connectivity index (χ0v) is 18.8. The van der Waals surface area contributed by atoms with E-state index in [-0.39, 0.29) is 11.5 Å². The first kappa shape index (κ1) is 20.6. The molecular formula is C26H36N2. The van der Waals surface area contributed by atoms with Crippen LogP contribution in [0.15, 0.2) is 41.4 Å². The van der Waals surface area contributed by atoms with Crippen LogP contribution in [-0.4, -0.2) is 12.3 Å². The SMILES string of the molecule is CC(C)c1cccc(C(C)C)c1N=CC1Nc2c(C(C)C)cccc2C1(C)C. The molecule has 1 aliphatic heterocycles. The Labute approximate surface area is 171 Å². The van der Waals surface area contributed by atoms with Gasteiger partial charge in [0.25, 0.3) is 0 Å². The summed E-state index contributed by atoms with van der Waals surface area (Å²) in [4.78, 5) is 5.10. The highest BCUT2D eigenvalue weighted by Crippen LogP contribution is 2.44. The van der Waals surface area contributed by atoms with E-state index in [1.807, 2.05) is 0 Å². The van der Waals surface area contributed by atoms with Crippen molar-refractivity contribution in [2.24, 2.45) is 4.99 Å². The van der Waals surface area contributed by atoms with Gasteiger partial charge in [0.2, 0.25) is 0 Å². The predicted molar refractivity (Wildman–Crippen MR) is 124 cm³/mol. The molecule has 0 radical (unpaired) electrons. The summed E-state index contributed by atoms with van der Waals surface area (Å²) in [6.07, 6.45) is 2.15. The van der Waals surface area contributed by atoms with Crippen LogP contribution in [0.2, 0.25) is 0 Å². The quantitative estimate of drug-likeness (QED) is 0.536. The van der Waals surface area contributed by atoms with Gasteiger partial charge in [-0.25, -0.2) is 0 Å². The van der Waals surface area contributed by atoms with Crippen LogP contribution in [0, 0.1) is 0 Å². The van der Waals surface area contributed by atoms with Crippen LogP contribution < -0.4 is 5.32 Å². The molecule has 28 heavy (non-hydrogen) atoms. The van der Waals surface area contributed by atoms with Crippen molar-refractivity contribution >= 4 is 17.6 Å². The molecule has 0 aromatic heterocycles. The van der Waals surface area contributed by atoms with Gasteiger partial charge in [-0.05, 0) is 40.0 Å². The van der Waals surface area contributed by atoms with E-state index in [0.717, 1.165) is 5.69 Å². The predicted octanol–water partition coefficient (Wildman–Crippen LogP) is 7.53. The first-order chi connectivity index (χ1) is 13.1. The molecule has 150 valence electrons. The van der Waals surface area contributed by atoms with Gasteiger partial charge in [-0.15, -0.1) is 0 Å². The standard InChI is InChI=1S/C26H36N2/c1-16(2)19-11-9-12-20(17(3)4)24(19)27-15-23-26(7,8)22-14-10-13-21(18(5)6)25(22)28-23/h9-18,23,28H,1-8H3. The van der Waals surface area contributed by atoms with Crippen molar-refractivity contribution in [2.75, 3.05) is 5.32 Å². The van der Waals surface area contributed by atoms with Gasteiger partial charge in [-0.1, -0.05) is 91.8 Å². The molecule has 0 bridgehead atoms. The molecule has 0 amide bonds. The van der Waals surface area contributed by atoms with Crippen LogP contribution in [0.25, 0.3) is 0 Å². The maximum absolute atomic E-state index is 5.10. The lowest BCUT2D eigenvalue weighted by Gasteiger charge is -2.25. The third kappa shape index (κ3) is 3.62. The Hall–Kier alpha value is -2.09. The Balaban J connectivity index is 2.02. The van der Waals surface area contributed by atoms with Gasteiger partial charge in [0.15, 0.2) is 0 Å². The maximum atomic E-state index is 5.10. The number of hydrogen-bond donors (Lipinski definition) is 1. The van der Waals surface area contributed by atoms with E-state index < -0.39 is 0 Å². The highest BCUT2D eigenvalue weighted by Gasteiger charge is 2.39. The monoisotopic (exact) mass is 376 g/mol. The lowest BCUT2D eigenvalue weighted by molar-refractivity contribution is 0.541. The number of fused-ring (bicyclic) bond motifs is 1. The van der Waals surface area contributed by atoms with Crippen molar-refractivity contribution in [2.45, 2.75) is 84.6 Å². The smallest absolute Gasteiger partial charge is 0.0708 e. The Morgan fingerprint density at radius 3 is 1.86 bits per heavy atom. The number of rotatable bonds is 5. The summed E-state index contributed by atoms with van der Waals surface area (Å²) in [5, 5.41) is 3.79. The summed E-state index contributed by atoms with van der Waals surface area (Å²) in [6, 6.07) is 13.5. The third-order valence-electron chi connectivity index (χ3n) is 6.19. The van der Waals surface area contributed by atoms with E-state index in [9.17, 15) is 0 Å². The van der Waals surface area contributed by atoms with Crippen molar-refractivity contribution in [1.29, 1.82) is 0 Å². The van der Waals surface area contributed by atoms with Crippen LogP contribution >= 0.6 is 0 Å². The number of anilines is 1. The normalized spacial score (nSPS) is 18.3. The Kier molecular flexibility index (Phi) is 5.70. The molecule has 3 rings (SSSR count). The molecule has 1 N–H and O–H groups in total. The van der Waals surface area contributed by atoms with Crippen molar-refractivity contribution in [1.82, 2.24) is 0 Å². The number of nitrogens with zero attached hydrogens (tertiary/aromatic N) is 1. The van der Waals surface area contributed by atoms with Crippen molar-refractivity contribution in [3.05, 3.63) is 58.7 Å². The molecule has 0 spiro atoms. The van der Waals surface area contributed by atoms with Gasteiger partial charge in [0, 0.05) is 17.3 Å².